The van der Waals surface area contributed by atoms with E-state index in [0.29, 0.717) is 17.9 Å². The van der Waals surface area contributed by atoms with E-state index in [-0.39, 0.29) is 18.2 Å². The van der Waals surface area contributed by atoms with Gasteiger partial charge in [0.15, 0.2) is 5.76 Å². The summed E-state index contributed by atoms with van der Waals surface area (Å²) in [7, 11) is -4.07. The fraction of sp³-hybridized carbons (Fsp3) is 0.250. The Morgan fingerprint density at radius 1 is 1.22 bits per heavy atom. The van der Waals surface area contributed by atoms with Gasteiger partial charge in [-0.2, -0.15) is 4.72 Å². The molecule has 2 amide bonds. The summed E-state index contributed by atoms with van der Waals surface area (Å²) in [6.07, 6.45) is 1.50. The van der Waals surface area contributed by atoms with Crippen LogP contribution in [-0.4, -0.2) is 33.3 Å². The van der Waals surface area contributed by atoms with Crippen molar-refractivity contribution in [3.05, 3.63) is 41.7 Å². The van der Waals surface area contributed by atoms with Gasteiger partial charge in [-0.1, -0.05) is 6.07 Å². The smallest absolute Gasteiger partial charge is 0.294 e. The number of rotatable bonds is 5. The van der Waals surface area contributed by atoms with Gasteiger partial charge in [-0.05, 0) is 42.7 Å². The van der Waals surface area contributed by atoms with E-state index in [9.17, 15) is 18.0 Å². The van der Waals surface area contributed by atoms with Crippen LogP contribution in [0.25, 0.3) is 0 Å². The first kappa shape index (κ1) is 20.7. The van der Waals surface area contributed by atoms with Crippen LogP contribution in [0.2, 0.25) is 0 Å². The monoisotopic (exact) mass is 414 g/mol. The molecule has 0 fully saturated rings. The maximum atomic E-state index is 12.8. The Morgan fingerprint density at radius 2 is 1.96 bits per heavy atom. The van der Waals surface area contributed by atoms with Gasteiger partial charge in [-0.15, -0.1) is 12.4 Å². The van der Waals surface area contributed by atoms with Crippen LogP contribution in [0.3, 0.4) is 0 Å². The molecule has 9 nitrogen and oxygen atoms in total. The van der Waals surface area contributed by atoms with Crippen molar-refractivity contribution in [2.24, 2.45) is 5.73 Å². The third-order valence-corrected chi connectivity index (χ3v) is 5.30. The largest absolute Gasteiger partial charge is 0.438 e. The molecular formula is C16H19ClN4O5S. The van der Waals surface area contributed by atoms with E-state index in [1.54, 1.807) is 18.2 Å². The minimum absolute atomic E-state index is 0. The van der Waals surface area contributed by atoms with Crippen molar-refractivity contribution in [2.75, 3.05) is 23.7 Å². The van der Waals surface area contributed by atoms with Crippen LogP contribution in [0.1, 0.15) is 22.5 Å². The van der Waals surface area contributed by atoms with E-state index >= 15 is 0 Å². The van der Waals surface area contributed by atoms with E-state index in [1.807, 2.05) is 4.72 Å². The van der Waals surface area contributed by atoms with Crippen LogP contribution < -0.4 is 21.1 Å². The number of carbonyl (C=O) groups excluding carboxylic acids is 2. The Labute approximate surface area is 162 Å². The first-order valence-corrected chi connectivity index (χ1v) is 9.35. The number of fused-ring (bicyclic) bond motifs is 1. The molecule has 0 saturated heterocycles. The average molecular weight is 415 g/mol. The highest BCUT2D eigenvalue weighted by Gasteiger charge is 2.28. The predicted octanol–water partition coefficient (Wildman–Crippen LogP) is 0.640. The van der Waals surface area contributed by atoms with Crippen LogP contribution in [0.15, 0.2) is 39.8 Å². The normalized spacial score (nSPS) is 13.6. The fourth-order valence-electron chi connectivity index (χ4n) is 2.81. The molecule has 146 valence electrons. The maximum absolute atomic E-state index is 12.8. The summed E-state index contributed by atoms with van der Waals surface area (Å²) < 4.78 is 31.3. The summed E-state index contributed by atoms with van der Waals surface area (Å²) in [5, 5.41) is -0.466. The number of hydrogen-bond acceptors (Lipinski definition) is 6. The molecule has 1 aliphatic heterocycles. The Morgan fingerprint density at radius 3 is 2.67 bits per heavy atom. The van der Waals surface area contributed by atoms with Gasteiger partial charge in [0.05, 0.1) is 6.54 Å². The van der Waals surface area contributed by atoms with Crippen molar-refractivity contribution in [2.45, 2.75) is 17.9 Å². The zero-order chi connectivity index (χ0) is 18.9. The van der Waals surface area contributed by atoms with Crippen molar-refractivity contribution in [1.82, 2.24) is 4.72 Å². The number of nitrogens with one attached hydrogen (secondary N) is 1. The molecule has 3 rings (SSSR count). The number of primary amides is 1. The van der Waals surface area contributed by atoms with E-state index < -0.39 is 33.5 Å². The number of furan rings is 1. The zero-order valence-electron chi connectivity index (χ0n) is 14.2. The molecule has 27 heavy (non-hydrogen) atoms. The van der Waals surface area contributed by atoms with E-state index in [0.717, 1.165) is 24.5 Å². The molecule has 0 spiro atoms. The quantitative estimate of drug-likeness (QED) is 0.611. The van der Waals surface area contributed by atoms with Crippen molar-refractivity contribution in [3.63, 3.8) is 0 Å². The lowest BCUT2D eigenvalue weighted by molar-refractivity contribution is -0.116. The summed E-state index contributed by atoms with van der Waals surface area (Å²) in [6.45, 7) is -0.0942. The summed E-state index contributed by atoms with van der Waals surface area (Å²) in [4.78, 5) is 25.0. The number of benzene rings is 1. The molecule has 0 saturated carbocycles. The molecule has 1 aromatic heterocycles. The highest BCUT2D eigenvalue weighted by atomic mass is 35.5. The fourth-order valence-corrected chi connectivity index (χ4v) is 3.73. The predicted molar refractivity (Wildman–Crippen MR) is 101 cm³/mol. The van der Waals surface area contributed by atoms with Gasteiger partial charge in [-0.3, -0.25) is 9.59 Å². The highest BCUT2D eigenvalue weighted by molar-refractivity contribution is 7.89. The second-order valence-electron chi connectivity index (χ2n) is 5.81. The summed E-state index contributed by atoms with van der Waals surface area (Å²) in [6, 6.07) is 7.75. The van der Waals surface area contributed by atoms with Crippen LogP contribution in [0.4, 0.5) is 11.4 Å². The van der Waals surface area contributed by atoms with Gasteiger partial charge >= 0.3 is 0 Å². The number of nitrogens with zero attached hydrogens (tertiary/aromatic N) is 1. The molecular weight excluding hydrogens is 396 g/mol. The first-order valence-electron chi connectivity index (χ1n) is 7.86. The molecule has 0 atom stereocenters. The maximum Gasteiger partial charge on any atom is 0.294 e. The number of nitrogen functional groups attached to an aromatic ring is 1. The van der Waals surface area contributed by atoms with Crippen LogP contribution in [0, 0.1) is 0 Å². The molecule has 0 bridgehead atoms. The average Bonchev–Trinajstić information content (AvgIpc) is 3.10. The van der Waals surface area contributed by atoms with Gasteiger partial charge in [0.2, 0.25) is 11.0 Å². The number of anilines is 2. The minimum Gasteiger partial charge on any atom is -0.438 e. The molecule has 2 aromatic rings. The van der Waals surface area contributed by atoms with Crippen LogP contribution >= 0.6 is 12.4 Å². The SMILES string of the molecule is Cl.NC(=O)CNS(=O)(=O)c1ccc(C(=O)N2CCCc3c(N)cccc32)o1. The minimum atomic E-state index is -4.07. The summed E-state index contributed by atoms with van der Waals surface area (Å²) >= 11 is 0. The molecule has 0 radical (unpaired) electrons. The number of amides is 2. The Hall–Kier alpha value is -2.56. The molecule has 0 aliphatic carbocycles. The third-order valence-electron chi connectivity index (χ3n) is 4.03. The Balaban J connectivity index is 0.00000261. The summed E-state index contributed by atoms with van der Waals surface area (Å²) in [5.41, 5.74) is 13.1. The Kier molecular flexibility index (Phi) is 6.14. The lowest BCUT2D eigenvalue weighted by Gasteiger charge is -2.29. The number of sulfonamides is 1. The van der Waals surface area contributed by atoms with Gasteiger partial charge in [-0.25, -0.2) is 8.42 Å². The molecule has 5 N–H and O–H groups in total. The van der Waals surface area contributed by atoms with Crippen molar-refractivity contribution in [3.8, 4) is 0 Å². The molecule has 11 heteroatoms. The number of halogens is 1. The molecule has 1 aliphatic rings. The second kappa shape index (κ2) is 7.99. The Bertz CT molecular complexity index is 973. The second-order valence-corrected chi connectivity index (χ2v) is 7.51. The van der Waals surface area contributed by atoms with Crippen molar-refractivity contribution < 1.29 is 22.4 Å². The van der Waals surface area contributed by atoms with Crippen LogP contribution in [0.5, 0.6) is 0 Å². The van der Waals surface area contributed by atoms with Crippen molar-refractivity contribution >= 4 is 45.6 Å². The van der Waals surface area contributed by atoms with Crippen LogP contribution in [-0.2, 0) is 21.2 Å². The van der Waals surface area contributed by atoms with Gasteiger partial charge in [0.25, 0.3) is 15.9 Å². The topological polar surface area (TPSA) is 149 Å². The molecule has 1 aromatic carbocycles. The summed E-state index contributed by atoms with van der Waals surface area (Å²) in [5.74, 6) is -1.42. The number of carbonyl (C=O) groups is 2. The van der Waals surface area contributed by atoms with Gasteiger partial charge in [0.1, 0.15) is 0 Å². The number of hydrogen-bond donors (Lipinski definition) is 3. The molecule has 2 heterocycles. The van der Waals surface area contributed by atoms with E-state index in [4.69, 9.17) is 15.9 Å². The first-order chi connectivity index (χ1) is 12.3. The van der Waals surface area contributed by atoms with Gasteiger partial charge in [0, 0.05) is 17.9 Å². The van der Waals surface area contributed by atoms with Crippen molar-refractivity contribution in [1.29, 1.82) is 0 Å². The van der Waals surface area contributed by atoms with E-state index in [2.05, 4.69) is 0 Å². The third kappa shape index (κ3) is 4.24. The zero-order valence-corrected chi connectivity index (χ0v) is 15.8. The lowest BCUT2D eigenvalue weighted by Crippen LogP contribution is -2.35. The highest BCUT2D eigenvalue weighted by Crippen LogP contribution is 2.32. The van der Waals surface area contributed by atoms with Gasteiger partial charge < -0.3 is 20.8 Å². The number of nitrogens with two attached hydrogens (primary N) is 2. The lowest BCUT2D eigenvalue weighted by atomic mass is 9.99. The van der Waals surface area contributed by atoms with E-state index in [1.165, 1.54) is 11.0 Å². The standard InChI is InChI=1S/C16H18N4O5S.ClH/c17-11-4-1-5-12-10(11)3-2-8-20(12)16(22)13-6-7-15(25-13)26(23,24)19-9-14(18)21;/h1,4-7,19H,2-3,8-9,17H2,(H2,18,21);1H. The molecule has 0 unspecified atom stereocenters.